The summed E-state index contributed by atoms with van der Waals surface area (Å²) in [5.41, 5.74) is 6.99. The van der Waals surface area contributed by atoms with E-state index in [1.54, 1.807) is 44.6 Å². The van der Waals surface area contributed by atoms with E-state index in [2.05, 4.69) is 11.1 Å². The van der Waals surface area contributed by atoms with Crippen LogP contribution in [-0.2, 0) is 0 Å². The lowest BCUT2D eigenvalue weighted by Crippen LogP contribution is -1.90. The Morgan fingerprint density at radius 2 is 1.61 bits per heavy atom. The molecule has 1 aromatic heterocycles. The summed E-state index contributed by atoms with van der Waals surface area (Å²) in [5.74, 6) is 2.77. The third-order valence-corrected chi connectivity index (χ3v) is 3.47. The van der Waals surface area contributed by atoms with Crippen LogP contribution in [0.4, 0.5) is 5.82 Å². The standard InChI is InChI=1S/C17H15N3O3/c1-21-11-5-12(22-2)7-13(6-11)23-10-3-4-16-14(8-10)15(9-18)17(19)20-16/h3-8,20H,19H2,1-2H3. The fourth-order valence-corrected chi connectivity index (χ4v) is 2.35. The average molecular weight is 309 g/mol. The molecule has 116 valence electrons. The molecule has 0 aliphatic rings. The van der Waals surface area contributed by atoms with Gasteiger partial charge in [0.2, 0.25) is 0 Å². The van der Waals surface area contributed by atoms with Crippen molar-refractivity contribution >= 4 is 16.7 Å². The third-order valence-electron chi connectivity index (χ3n) is 3.47. The summed E-state index contributed by atoms with van der Waals surface area (Å²) in [6.45, 7) is 0. The molecule has 3 aromatic rings. The molecular weight excluding hydrogens is 294 g/mol. The Kier molecular flexibility index (Phi) is 3.69. The van der Waals surface area contributed by atoms with Gasteiger partial charge in [0.25, 0.3) is 0 Å². The van der Waals surface area contributed by atoms with Crippen LogP contribution in [0.25, 0.3) is 10.9 Å². The van der Waals surface area contributed by atoms with Crippen LogP contribution in [-0.4, -0.2) is 19.2 Å². The molecule has 0 unspecified atom stereocenters. The predicted octanol–water partition coefficient (Wildman–Crippen LogP) is 3.43. The van der Waals surface area contributed by atoms with Crippen LogP contribution < -0.4 is 19.9 Å². The van der Waals surface area contributed by atoms with Gasteiger partial charge < -0.3 is 24.9 Å². The van der Waals surface area contributed by atoms with Gasteiger partial charge in [-0.1, -0.05) is 0 Å². The molecule has 0 bridgehead atoms. The molecule has 0 amide bonds. The molecule has 0 aliphatic heterocycles. The highest BCUT2D eigenvalue weighted by atomic mass is 16.5. The molecule has 0 atom stereocenters. The molecule has 6 nitrogen and oxygen atoms in total. The minimum Gasteiger partial charge on any atom is -0.496 e. The minimum absolute atomic E-state index is 0.350. The number of nitrogens with one attached hydrogen (secondary N) is 1. The fraction of sp³-hybridized carbons (Fsp3) is 0.118. The number of nitrogens with two attached hydrogens (primary N) is 1. The van der Waals surface area contributed by atoms with E-state index in [4.69, 9.17) is 19.9 Å². The van der Waals surface area contributed by atoms with Crippen LogP contribution in [0, 0.1) is 11.3 Å². The lowest BCUT2D eigenvalue weighted by Gasteiger charge is -2.10. The Hall–Kier alpha value is -3.33. The van der Waals surface area contributed by atoms with Gasteiger partial charge in [-0.25, -0.2) is 0 Å². The molecule has 6 heteroatoms. The molecular formula is C17H15N3O3. The van der Waals surface area contributed by atoms with Crippen LogP contribution in [0.2, 0.25) is 0 Å². The number of hydrogen-bond donors (Lipinski definition) is 2. The topological polar surface area (TPSA) is 93.3 Å². The van der Waals surface area contributed by atoms with E-state index in [1.165, 1.54) is 0 Å². The van der Waals surface area contributed by atoms with Gasteiger partial charge in [-0.2, -0.15) is 5.26 Å². The fourth-order valence-electron chi connectivity index (χ4n) is 2.35. The number of H-pyrrole nitrogens is 1. The number of aromatic nitrogens is 1. The minimum atomic E-state index is 0.350. The Morgan fingerprint density at radius 3 is 2.22 bits per heavy atom. The van der Waals surface area contributed by atoms with E-state index < -0.39 is 0 Å². The summed E-state index contributed by atoms with van der Waals surface area (Å²) >= 11 is 0. The molecule has 0 aliphatic carbocycles. The van der Waals surface area contributed by atoms with Gasteiger partial charge in [-0.15, -0.1) is 0 Å². The summed E-state index contributed by atoms with van der Waals surface area (Å²) in [7, 11) is 3.15. The third kappa shape index (κ3) is 2.72. The summed E-state index contributed by atoms with van der Waals surface area (Å²) < 4.78 is 16.3. The van der Waals surface area contributed by atoms with Gasteiger partial charge in [0.05, 0.1) is 14.2 Å². The van der Waals surface area contributed by atoms with Crippen molar-refractivity contribution in [3.63, 3.8) is 0 Å². The van der Waals surface area contributed by atoms with Crippen molar-refractivity contribution in [2.75, 3.05) is 20.0 Å². The number of ether oxygens (including phenoxy) is 3. The predicted molar refractivity (Wildman–Crippen MR) is 87.0 cm³/mol. The highest BCUT2D eigenvalue weighted by Crippen LogP contribution is 2.33. The van der Waals surface area contributed by atoms with Gasteiger partial charge in [-0.3, -0.25) is 0 Å². The second-order valence-electron chi connectivity index (χ2n) is 4.88. The molecule has 0 saturated heterocycles. The number of nitrogens with zero attached hydrogens (tertiary/aromatic N) is 1. The van der Waals surface area contributed by atoms with Crippen molar-refractivity contribution in [1.82, 2.24) is 4.98 Å². The molecule has 0 spiro atoms. The van der Waals surface area contributed by atoms with Crippen molar-refractivity contribution in [2.24, 2.45) is 0 Å². The van der Waals surface area contributed by atoms with Crippen LogP contribution in [0.1, 0.15) is 5.56 Å². The molecule has 0 saturated carbocycles. The van der Waals surface area contributed by atoms with Crippen LogP contribution in [0.3, 0.4) is 0 Å². The summed E-state index contributed by atoms with van der Waals surface area (Å²) in [6.07, 6.45) is 0. The number of nitrogen functional groups attached to an aromatic ring is 1. The van der Waals surface area contributed by atoms with E-state index in [9.17, 15) is 5.26 Å². The number of fused-ring (bicyclic) bond motifs is 1. The first-order valence-electron chi connectivity index (χ1n) is 6.87. The quantitative estimate of drug-likeness (QED) is 0.770. The Labute approximate surface area is 133 Å². The zero-order valence-electron chi connectivity index (χ0n) is 12.7. The number of benzene rings is 2. The normalized spacial score (nSPS) is 10.3. The second-order valence-corrected chi connectivity index (χ2v) is 4.88. The maximum absolute atomic E-state index is 9.20. The first-order valence-corrected chi connectivity index (χ1v) is 6.87. The zero-order valence-corrected chi connectivity index (χ0v) is 12.7. The number of aromatic amines is 1. The highest BCUT2D eigenvalue weighted by Gasteiger charge is 2.10. The molecule has 3 N–H and O–H groups in total. The number of nitriles is 1. The molecule has 0 fully saturated rings. The van der Waals surface area contributed by atoms with Crippen LogP contribution in [0.5, 0.6) is 23.0 Å². The average Bonchev–Trinajstić information content (AvgIpc) is 2.88. The van der Waals surface area contributed by atoms with Gasteiger partial charge in [0, 0.05) is 29.1 Å². The van der Waals surface area contributed by atoms with Crippen molar-refractivity contribution in [1.29, 1.82) is 5.26 Å². The van der Waals surface area contributed by atoms with Gasteiger partial charge >= 0.3 is 0 Å². The van der Waals surface area contributed by atoms with Gasteiger partial charge in [0.1, 0.15) is 40.4 Å². The first-order chi connectivity index (χ1) is 11.1. The van der Waals surface area contributed by atoms with Crippen molar-refractivity contribution < 1.29 is 14.2 Å². The molecule has 0 radical (unpaired) electrons. The first kappa shape index (κ1) is 14.6. The second kappa shape index (κ2) is 5.81. The lowest BCUT2D eigenvalue weighted by atomic mass is 10.1. The molecule has 2 aromatic carbocycles. The Bertz CT molecular complexity index is 887. The van der Waals surface area contributed by atoms with E-state index in [-0.39, 0.29) is 0 Å². The van der Waals surface area contributed by atoms with E-state index >= 15 is 0 Å². The van der Waals surface area contributed by atoms with Gasteiger partial charge in [-0.05, 0) is 18.2 Å². The number of anilines is 1. The maximum atomic E-state index is 9.20. The number of methoxy groups -OCH3 is 2. The van der Waals surface area contributed by atoms with Crippen LogP contribution >= 0.6 is 0 Å². The van der Waals surface area contributed by atoms with E-state index in [1.807, 2.05) is 6.07 Å². The van der Waals surface area contributed by atoms with E-state index in [0.29, 0.717) is 34.4 Å². The lowest BCUT2D eigenvalue weighted by molar-refractivity contribution is 0.386. The van der Waals surface area contributed by atoms with Gasteiger partial charge in [0.15, 0.2) is 0 Å². The Morgan fingerprint density at radius 1 is 0.957 bits per heavy atom. The number of hydrogen-bond acceptors (Lipinski definition) is 5. The maximum Gasteiger partial charge on any atom is 0.134 e. The molecule has 3 rings (SSSR count). The summed E-state index contributed by atoms with van der Waals surface area (Å²) in [4.78, 5) is 2.97. The highest BCUT2D eigenvalue weighted by molar-refractivity contribution is 5.92. The number of rotatable bonds is 4. The summed E-state index contributed by atoms with van der Waals surface area (Å²) in [6, 6.07) is 12.7. The SMILES string of the molecule is COc1cc(OC)cc(Oc2ccc3[nH]c(N)c(C#N)c3c2)c1. The van der Waals surface area contributed by atoms with Crippen molar-refractivity contribution in [3.05, 3.63) is 42.0 Å². The summed E-state index contributed by atoms with van der Waals surface area (Å²) in [5, 5.41) is 9.92. The van der Waals surface area contributed by atoms with E-state index in [0.717, 1.165) is 10.9 Å². The van der Waals surface area contributed by atoms with Crippen LogP contribution in [0.15, 0.2) is 36.4 Å². The zero-order chi connectivity index (χ0) is 16.4. The largest absolute Gasteiger partial charge is 0.496 e. The smallest absolute Gasteiger partial charge is 0.134 e. The van der Waals surface area contributed by atoms with Crippen molar-refractivity contribution in [2.45, 2.75) is 0 Å². The molecule has 23 heavy (non-hydrogen) atoms. The Balaban J connectivity index is 2.00. The van der Waals surface area contributed by atoms with Crippen molar-refractivity contribution in [3.8, 4) is 29.1 Å². The monoisotopic (exact) mass is 309 g/mol. The molecule has 1 heterocycles.